The second kappa shape index (κ2) is 9.50. The van der Waals surface area contributed by atoms with E-state index >= 15 is 0 Å². The van der Waals surface area contributed by atoms with Crippen LogP contribution in [0.15, 0.2) is 53.4 Å². The fourth-order valence-electron chi connectivity index (χ4n) is 3.58. The molecule has 0 radical (unpaired) electrons. The maximum absolute atomic E-state index is 12.6. The van der Waals surface area contributed by atoms with E-state index in [1.807, 2.05) is 31.2 Å². The molecule has 0 bridgehead atoms. The number of esters is 1. The third-order valence-corrected chi connectivity index (χ3v) is 8.11. The number of sulfonamides is 1. The molecular weight excluding hydrogens is 450 g/mol. The molecule has 0 amide bonds. The number of aryl methyl sites for hydroxylation is 1. The van der Waals surface area contributed by atoms with Crippen molar-refractivity contribution in [3.05, 3.63) is 64.5 Å². The molecule has 4 rings (SSSR count). The minimum Gasteiger partial charge on any atom is -0.454 e. The number of carbonyl (C=O) groups is 2. The van der Waals surface area contributed by atoms with E-state index in [1.54, 1.807) is 0 Å². The molecule has 1 N–H and O–H groups in total. The molecule has 3 aromatic rings. The van der Waals surface area contributed by atoms with Crippen LogP contribution in [0.2, 0.25) is 0 Å². The molecule has 1 aliphatic heterocycles. The smallest absolute Gasteiger partial charge is 0.338 e. The summed E-state index contributed by atoms with van der Waals surface area (Å²) in [5.41, 5.74) is 1.04. The molecule has 1 fully saturated rings. The van der Waals surface area contributed by atoms with Crippen molar-refractivity contribution in [2.75, 3.05) is 19.8 Å². The summed E-state index contributed by atoms with van der Waals surface area (Å²) < 4.78 is 39.0. The molecule has 1 aromatic heterocycles. The Bertz CT molecular complexity index is 1240. The van der Waals surface area contributed by atoms with Gasteiger partial charge in [-0.05, 0) is 61.0 Å². The van der Waals surface area contributed by atoms with Gasteiger partial charge in [0.2, 0.25) is 15.8 Å². The summed E-state index contributed by atoms with van der Waals surface area (Å²) in [7, 11) is -3.70. The second-order valence-corrected chi connectivity index (χ2v) is 10.4. The number of ether oxygens (including phenoxy) is 2. The summed E-state index contributed by atoms with van der Waals surface area (Å²) in [6, 6.07) is 13.2. The minimum absolute atomic E-state index is 0.0454. The zero-order chi connectivity index (χ0) is 22.7. The van der Waals surface area contributed by atoms with Crippen molar-refractivity contribution in [1.82, 2.24) is 4.72 Å². The normalized spacial score (nSPS) is 16.3. The molecule has 0 saturated carbocycles. The molecule has 1 unspecified atom stereocenters. The highest BCUT2D eigenvalue weighted by molar-refractivity contribution is 7.89. The molecule has 168 valence electrons. The Labute approximate surface area is 190 Å². The zero-order valence-electron chi connectivity index (χ0n) is 17.5. The molecule has 1 saturated heterocycles. The number of carbonyl (C=O) groups excluding carboxylic acids is 2. The first-order valence-corrected chi connectivity index (χ1v) is 12.5. The van der Waals surface area contributed by atoms with Crippen LogP contribution in [-0.2, 0) is 19.5 Å². The molecule has 0 aliphatic carbocycles. The van der Waals surface area contributed by atoms with Gasteiger partial charge in [0, 0.05) is 17.9 Å². The van der Waals surface area contributed by atoms with Crippen LogP contribution in [0, 0.1) is 6.92 Å². The van der Waals surface area contributed by atoms with Gasteiger partial charge in [0.15, 0.2) is 6.61 Å². The van der Waals surface area contributed by atoms with Gasteiger partial charge in [-0.1, -0.05) is 18.2 Å². The van der Waals surface area contributed by atoms with Crippen LogP contribution >= 0.6 is 11.3 Å². The van der Waals surface area contributed by atoms with Gasteiger partial charge in [-0.3, -0.25) is 4.79 Å². The lowest BCUT2D eigenvalue weighted by atomic mass is 10.1. The van der Waals surface area contributed by atoms with E-state index in [4.69, 9.17) is 9.47 Å². The van der Waals surface area contributed by atoms with Crippen LogP contribution in [0.25, 0.3) is 10.1 Å². The van der Waals surface area contributed by atoms with Gasteiger partial charge in [0.25, 0.3) is 0 Å². The Hall–Kier alpha value is -2.59. The lowest BCUT2D eigenvalue weighted by molar-refractivity contribution is 0.0475. The topological polar surface area (TPSA) is 98.8 Å². The molecule has 2 heterocycles. The van der Waals surface area contributed by atoms with Crippen LogP contribution in [0.1, 0.15) is 38.4 Å². The van der Waals surface area contributed by atoms with E-state index in [0.717, 1.165) is 28.5 Å². The standard InChI is InChI=1S/C23H23NO6S2/c1-15-19-6-2-3-7-21(19)31-22(15)20(25)14-30-23(26)16-8-10-18(11-9-16)32(27,28)24-13-17-5-4-12-29-17/h2-3,6-11,17,24H,4-5,12-14H2,1H3. The molecule has 0 spiro atoms. The quantitative estimate of drug-likeness (QED) is 0.396. The summed E-state index contributed by atoms with van der Waals surface area (Å²) in [6.45, 7) is 2.36. The highest BCUT2D eigenvalue weighted by Gasteiger charge is 2.21. The van der Waals surface area contributed by atoms with Gasteiger partial charge in [0.05, 0.1) is 21.4 Å². The van der Waals surface area contributed by atoms with Gasteiger partial charge in [-0.25, -0.2) is 17.9 Å². The largest absolute Gasteiger partial charge is 0.454 e. The summed E-state index contributed by atoms with van der Waals surface area (Å²) in [5, 5.41) is 1.01. The number of fused-ring (bicyclic) bond motifs is 1. The number of Topliss-reactive ketones (excluding diaryl/α,β-unsaturated/α-hetero) is 1. The summed E-state index contributed by atoms with van der Waals surface area (Å²) in [5.74, 6) is -0.956. The predicted octanol–water partition coefficient (Wildman–Crippen LogP) is 3.71. The maximum Gasteiger partial charge on any atom is 0.338 e. The van der Waals surface area contributed by atoms with Gasteiger partial charge < -0.3 is 9.47 Å². The van der Waals surface area contributed by atoms with Gasteiger partial charge in [-0.15, -0.1) is 11.3 Å². The Morgan fingerprint density at radius 1 is 1.16 bits per heavy atom. The Morgan fingerprint density at radius 2 is 1.91 bits per heavy atom. The maximum atomic E-state index is 12.6. The summed E-state index contributed by atoms with van der Waals surface area (Å²) in [4.78, 5) is 25.5. The summed E-state index contributed by atoms with van der Waals surface area (Å²) in [6.07, 6.45) is 1.64. The number of hydrogen-bond donors (Lipinski definition) is 1. The molecule has 1 aliphatic rings. The zero-order valence-corrected chi connectivity index (χ0v) is 19.1. The van der Waals surface area contributed by atoms with Crippen molar-refractivity contribution in [3.63, 3.8) is 0 Å². The van der Waals surface area contributed by atoms with Crippen LogP contribution in [0.5, 0.6) is 0 Å². The Balaban J connectivity index is 1.36. The monoisotopic (exact) mass is 473 g/mol. The first-order chi connectivity index (χ1) is 15.3. The molecule has 32 heavy (non-hydrogen) atoms. The number of thiophene rings is 1. The van der Waals surface area contributed by atoms with Crippen molar-refractivity contribution < 1.29 is 27.5 Å². The fraction of sp³-hybridized carbons (Fsp3) is 0.304. The number of rotatable bonds is 8. The minimum atomic E-state index is -3.70. The van der Waals surface area contributed by atoms with E-state index in [1.165, 1.54) is 35.6 Å². The highest BCUT2D eigenvalue weighted by Crippen LogP contribution is 2.30. The number of nitrogens with one attached hydrogen (secondary N) is 1. The Morgan fingerprint density at radius 3 is 2.59 bits per heavy atom. The third-order valence-electron chi connectivity index (χ3n) is 5.36. The molecule has 9 heteroatoms. The van der Waals surface area contributed by atoms with Crippen molar-refractivity contribution in [3.8, 4) is 0 Å². The average Bonchev–Trinajstić information content (AvgIpc) is 3.44. The molecule has 7 nitrogen and oxygen atoms in total. The van der Waals surface area contributed by atoms with Crippen molar-refractivity contribution >= 4 is 43.2 Å². The molecule has 1 atom stereocenters. The predicted molar refractivity (Wildman–Crippen MR) is 122 cm³/mol. The first kappa shape index (κ1) is 22.6. The van der Waals surface area contributed by atoms with Crippen molar-refractivity contribution in [1.29, 1.82) is 0 Å². The van der Waals surface area contributed by atoms with Gasteiger partial charge in [-0.2, -0.15) is 0 Å². The van der Waals surface area contributed by atoms with Crippen molar-refractivity contribution in [2.24, 2.45) is 0 Å². The van der Waals surface area contributed by atoms with Crippen LogP contribution < -0.4 is 4.72 Å². The van der Waals surface area contributed by atoms with Crippen LogP contribution in [0.3, 0.4) is 0 Å². The van der Waals surface area contributed by atoms with E-state index in [0.29, 0.717) is 11.5 Å². The van der Waals surface area contributed by atoms with E-state index in [9.17, 15) is 18.0 Å². The second-order valence-electron chi connectivity index (χ2n) is 7.56. The SMILES string of the molecule is Cc1c(C(=O)COC(=O)c2ccc(S(=O)(=O)NCC3CCCO3)cc2)sc2ccccc12. The van der Waals surface area contributed by atoms with Crippen LogP contribution in [0.4, 0.5) is 0 Å². The third kappa shape index (κ3) is 4.91. The Kier molecular flexibility index (Phi) is 6.71. The molecular formula is C23H23NO6S2. The van der Waals surface area contributed by atoms with E-state index in [2.05, 4.69) is 4.72 Å². The summed E-state index contributed by atoms with van der Waals surface area (Å²) >= 11 is 1.37. The number of hydrogen-bond acceptors (Lipinski definition) is 7. The van der Waals surface area contributed by atoms with Gasteiger partial charge in [0.1, 0.15) is 0 Å². The lowest BCUT2D eigenvalue weighted by Gasteiger charge is -2.11. The fourth-order valence-corrected chi connectivity index (χ4v) is 5.78. The number of benzene rings is 2. The van der Waals surface area contributed by atoms with Gasteiger partial charge >= 0.3 is 5.97 Å². The first-order valence-electron chi connectivity index (χ1n) is 10.2. The highest BCUT2D eigenvalue weighted by atomic mass is 32.2. The number of ketones is 1. The van der Waals surface area contributed by atoms with Crippen LogP contribution in [-0.4, -0.2) is 46.0 Å². The average molecular weight is 474 g/mol. The van der Waals surface area contributed by atoms with E-state index in [-0.39, 0.29) is 35.5 Å². The molecule has 2 aromatic carbocycles. The van der Waals surface area contributed by atoms with E-state index < -0.39 is 16.0 Å². The lowest BCUT2D eigenvalue weighted by Crippen LogP contribution is -2.31. The van der Waals surface area contributed by atoms with Crippen molar-refractivity contribution in [2.45, 2.75) is 30.8 Å².